The summed E-state index contributed by atoms with van der Waals surface area (Å²) in [5.41, 5.74) is 0.694. The lowest BCUT2D eigenvalue weighted by atomic mass is 9.74. The third-order valence-electron chi connectivity index (χ3n) is 4.24. The fraction of sp³-hybridized carbons (Fsp3) is 1.00. The number of nitrogens with one attached hydrogen (secondary N) is 1. The summed E-state index contributed by atoms with van der Waals surface area (Å²) in [5.74, 6) is 1.00. The number of rotatable bonds is 2. The van der Waals surface area contributed by atoms with Crippen molar-refractivity contribution in [2.75, 3.05) is 6.54 Å². The van der Waals surface area contributed by atoms with Crippen LogP contribution >= 0.6 is 0 Å². The standard InChI is InChI=1S/C10H19N/c1-3-10(4-2)8-5-6-9(10)11-7-8/h8-9,11H,3-7H2,1-2H3. The Kier molecular flexibility index (Phi) is 1.71. The van der Waals surface area contributed by atoms with Crippen LogP contribution < -0.4 is 5.32 Å². The van der Waals surface area contributed by atoms with Crippen LogP contribution in [0.5, 0.6) is 0 Å². The van der Waals surface area contributed by atoms with Gasteiger partial charge in [-0.05, 0) is 43.6 Å². The fourth-order valence-electron chi connectivity index (χ4n) is 3.44. The SMILES string of the molecule is CCC1(CC)C2CCC1NC2. The van der Waals surface area contributed by atoms with Crippen molar-refractivity contribution in [3.8, 4) is 0 Å². The summed E-state index contributed by atoms with van der Waals surface area (Å²) in [6.45, 7) is 6.02. The van der Waals surface area contributed by atoms with E-state index in [2.05, 4.69) is 19.2 Å². The van der Waals surface area contributed by atoms with Crippen LogP contribution in [0.3, 0.4) is 0 Å². The molecule has 1 aliphatic carbocycles. The zero-order valence-corrected chi connectivity index (χ0v) is 7.69. The zero-order valence-electron chi connectivity index (χ0n) is 7.69. The van der Waals surface area contributed by atoms with Gasteiger partial charge in [-0.3, -0.25) is 0 Å². The van der Waals surface area contributed by atoms with Gasteiger partial charge in [0, 0.05) is 6.04 Å². The molecule has 11 heavy (non-hydrogen) atoms. The highest BCUT2D eigenvalue weighted by atomic mass is 15.0. The molecule has 0 aromatic rings. The second-order valence-corrected chi connectivity index (χ2v) is 4.18. The van der Waals surface area contributed by atoms with Crippen molar-refractivity contribution >= 4 is 0 Å². The largest absolute Gasteiger partial charge is 0.313 e. The molecule has 2 atom stereocenters. The summed E-state index contributed by atoms with van der Waals surface area (Å²) in [6.07, 6.45) is 5.68. The Morgan fingerprint density at radius 1 is 1.27 bits per heavy atom. The van der Waals surface area contributed by atoms with Crippen molar-refractivity contribution in [2.45, 2.75) is 45.6 Å². The molecule has 2 bridgehead atoms. The van der Waals surface area contributed by atoms with Crippen LogP contribution in [0.15, 0.2) is 0 Å². The van der Waals surface area contributed by atoms with Gasteiger partial charge < -0.3 is 5.32 Å². The molecule has 0 aromatic heterocycles. The summed E-state index contributed by atoms with van der Waals surface area (Å²) < 4.78 is 0. The summed E-state index contributed by atoms with van der Waals surface area (Å²) in [6, 6.07) is 0.863. The van der Waals surface area contributed by atoms with E-state index in [9.17, 15) is 0 Å². The van der Waals surface area contributed by atoms with E-state index >= 15 is 0 Å². The Morgan fingerprint density at radius 3 is 2.18 bits per heavy atom. The minimum atomic E-state index is 0.694. The number of hydrogen-bond acceptors (Lipinski definition) is 1. The predicted octanol–water partition coefficient (Wildman–Crippen LogP) is 2.17. The zero-order chi connectivity index (χ0) is 7.90. The minimum absolute atomic E-state index is 0.694. The third-order valence-corrected chi connectivity index (χ3v) is 4.24. The molecule has 64 valence electrons. The molecule has 2 unspecified atom stereocenters. The molecule has 0 amide bonds. The van der Waals surface area contributed by atoms with Crippen molar-refractivity contribution in [2.24, 2.45) is 11.3 Å². The van der Waals surface area contributed by atoms with E-state index in [1.165, 1.54) is 32.2 Å². The molecule has 1 nitrogen and oxygen atoms in total. The number of hydrogen-bond donors (Lipinski definition) is 1. The first-order valence-corrected chi connectivity index (χ1v) is 5.07. The van der Waals surface area contributed by atoms with Gasteiger partial charge in [0.2, 0.25) is 0 Å². The van der Waals surface area contributed by atoms with Crippen LogP contribution in [0, 0.1) is 11.3 Å². The quantitative estimate of drug-likeness (QED) is 0.641. The van der Waals surface area contributed by atoms with Crippen molar-refractivity contribution in [1.82, 2.24) is 5.32 Å². The Balaban J connectivity index is 2.22. The highest BCUT2D eigenvalue weighted by molar-refractivity contribution is 5.06. The van der Waals surface area contributed by atoms with Crippen LogP contribution in [0.1, 0.15) is 39.5 Å². The van der Waals surface area contributed by atoms with E-state index < -0.39 is 0 Å². The fourth-order valence-corrected chi connectivity index (χ4v) is 3.44. The lowest BCUT2D eigenvalue weighted by molar-refractivity contribution is 0.212. The van der Waals surface area contributed by atoms with E-state index in [4.69, 9.17) is 0 Å². The third kappa shape index (κ3) is 0.807. The maximum Gasteiger partial charge on any atom is 0.0127 e. The maximum absolute atomic E-state index is 3.65. The molecule has 0 radical (unpaired) electrons. The van der Waals surface area contributed by atoms with Gasteiger partial charge >= 0.3 is 0 Å². The van der Waals surface area contributed by atoms with Gasteiger partial charge in [-0.2, -0.15) is 0 Å². The smallest absolute Gasteiger partial charge is 0.0127 e. The molecular weight excluding hydrogens is 134 g/mol. The first kappa shape index (κ1) is 7.60. The molecule has 2 fully saturated rings. The topological polar surface area (TPSA) is 12.0 Å². The Morgan fingerprint density at radius 2 is 2.00 bits per heavy atom. The van der Waals surface area contributed by atoms with Gasteiger partial charge in [0.15, 0.2) is 0 Å². The Bertz CT molecular complexity index is 127. The van der Waals surface area contributed by atoms with E-state index in [1.807, 2.05) is 0 Å². The number of piperidine rings is 1. The normalized spacial score (nSPS) is 39.8. The molecule has 1 saturated carbocycles. The molecule has 1 aliphatic heterocycles. The van der Waals surface area contributed by atoms with Crippen molar-refractivity contribution < 1.29 is 0 Å². The summed E-state index contributed by atoms with van der Waals surface area (Å²) in [5, 5.41) is 3.65. The summed E-state index contributed by atoms with van der Waals surface area (Å²) in [4.78, 5) is 0. The van der Waals surface area contributed by atoms with Gasteiger partial charge in [-0.1, -0.05) is 13.8 Å². The second kappa shape index (κ2) is 2.48. The van der Waals surface area contributed by atoms with Crippen molar-refractivity contribution in [1.29, 1.82) is 0 Å². The highest BCUT2D eigenvalue weighted by Crippen LogP contribution is 2.51. The Labute approximate surface area is 69.6 Å². The van der Waals surface area contributed by atoms with E-state index in [0.29, 0.717) is 5.41 Å². The molecule has 0 spiro atoms. The van der Waals surface area contributed by atoms with Gasteiger partial charge in [-0.15, -0.1) is 0 Å². The van der Waals surface area contributed by atoms with Gasteiger partial charge in [-0.25, -0.2) is 0 Å². The second-order valence-electron chi connectivity index (χ2n) is 4.18. The Hall–Kier alpha value is -0.0400. The van der Waals surface area contributed by atoms with Crippen LogP contribution in [0.2, 0.25) is 0 Å². The molecule has 0 aromatic carbocycles. The number of fused-ring (bicyclic) bond motifs is 2. The lowest BCUT2D eigenvalue weighted by Crippen LogP contribution is -2.33. The van der Waals surface area contributed by atoms with Gasteiger partial charge in [0.1, 0.15) is 0 Å². The molecule has 2 rings (SSSR count). The lowest BCUT2D eigenvalue weighted by Gasteiger charge is -2.31. The van der Waals surface area contributed by atoms with Crippen LogP contribution in [0.4, 0.5) is 0 Å². The molecular formula is C10H19N. The van der Waals surface area contributed by atoms with E-state index in [1.54, 1.807) is 0 Å². The van der Waals surface area contributed by atoms with Crippen molar-refractivity contribution in [3.05, 3.63) is 0 Å². The monoisotopic (exact) mass is 153 g/mol. The van der Waals surface area contributed by atoms with E-state index in [0.717, 1.165) is 12.0 Å². The summed E-state index contributed by atoms with van der Waals surface area (Å²) >= 11 is 0. The molecule has 1 N–H and O–H groups in total. The van der Waals surface area contributed by atoms with Gasteiger partial charge in [0.05, 0.1) is 0 Å². The molecule has 1 heteroatoms. The average Bonchev–Trinajstić information content (AvgIpc) is 2.59. The first-order valence-electron chi connectivity index (χ1n) is 5.07. The van der Waals surface area contributed by atoms with Crippen LogP contribution in [0.25, 0.3) is 0 Å². The van der Waals surface area contributed by atoms with Crippen LogP contribution in [-0.2, 0) is 0 Å². The van der Waals surface area contributed by atoms with Crippen LogP contribution in [-0.4, -0.2) is 12.6 Å². The molecule has 2 aliphatic rings. The molecule has 1 saturated heterocycles. The highest BCUT2D eigenvalue weighted by Gasteiger charge is 2.51. The minimum Gasteiger partial charge on any atom is -0.313 e. The average molecular weight is 153 g/mol. The first-order chi connectivity index (χ1) is 5.33. The summed E-state index contributed by atoms with van der Waals surface area (Å²) in [7, 11) is 0. The predicted molar refractivity (Wildman–Crippen MR) is 47.5 cm³/mol. The van der Waals surface area contributed by atoms with Gasteiger partial charge in [0.25, 0.3) is 0 Å². The maximum atomic E-state index is 3.65. The van der Waals surface area contributed by atoms with E-state index in [-0.39, 0.29) is 0 Å². The molecule has 1 heterocycles. The van der Waals surface area contributed by atoms with Crippen molar-refractivity contribution in [3.63, 3.8) is 0 Å².